The molecule has 0 aliphatic rings. The maximum atomic E-state index is 14.0. The average Bonchev–Trinajstić information content (AvgIpc) is 2.78. The highest BCUT2D eigenvalue weighted by Gasteiger charge is 2.36. The van der Waals surface area contributed by atoms with Crippen LogP contribution in [0.5, 0.6) is 0 Å². The first-order valence-electron chi connectivity index (χ1n) is 13.5. The van der Waals surface area contributed by atoms with Crippen LogP contribution in [0.25, 0.3) is 0 Å². The highest BCUT2D eigenvalue weighted by atomic mass is 16.6. The molecule has 0 bridgehead atoms. The van der Waals surface area contributed by atoms with E-state index in [0.717, 1.165) is 43.2 Å². The van der Waals surface area contributed by atoms with Crippen molar-refractivity contribution in [3.05, 3.63) is 35.4 Å². The van der Waals surface area contributed by atoms with Gasteiger partial charge in [-0.25, -0.2) is 4.79 Å². The van der Waals surface area contributed by atoms with Crippen molar-refractivity contribution in [3.63, 3.8) is 0 Å². The molecule has 0 heterocycles. The number of rotatable bonds is 14. The molecule has 1 aromatic rings. The lowest BCUT2D eigenvalue weighted by molar-refractivity contribution is -0.142. The van der Waals surface area contributed by atoms with Crippen LogP contribution in [0.1, 0.15) is 104 Å². The van der Waals surface area contributed by atoms with Gasteiger partial charge in [-0.15, -0.1) is 0 Å². The van der Waals surface area contributed by atoms with Gasteiger partial charge in [0.05, 0.1) is 0 Å². The molecule has 3 amide bonds. The van der Waals surface area contributed by atoms with Crippen LogP contribution in [0, 0.1) is 12.8 Å². The van der Waals surface area contributed by atoms with E-state index in [4.69, 9.17) is 4.74 Å². The molecular formula is C29H49N3O4. The monoisotopic (exact) mass is 503 g/mol. The summed E-state index contributed by atoms with van der Waals surface area (Å²) in [6, 6.07) is 6.17. The van der Waals surface area contributed by atoms with Crippen molar-refractivity contribution >= 4 is 17.9 Å². The molecule has 7 heteroatoms. The summed E-state index contributed by atoms with van der Waals surface area (Å²) in [6.07, 6.45) is 4.42. The minimum absolute atomic E-state index is 0.155. The molecule has 2 atom stereocenters. The molecule has 1 aromatic carbocycles. The number of unbranched alkanes of at least 4 members (excludes halogenated alkanes) is 3. The fourth-order valence-corrected chi connectivity index (χ4v) is 3.94. The van der Waals surface area contributed by atoms with Crippen molar-refractivity contribution in [3.8, 4) is 0 Å². The molecule has 0 aliphatic heterocycles. The van der Waals surface area contributed by atoms with Crippen molar-refractivity contribution in [1.82, 2.24) is 15.5 Å². The van der Waals surface area contributed by atoms with Crippen LogP contribution < -0.4 is 10.6 Å². The van der Waals surface area contributed by atoms with Gasteiger partial charge in [-0.2, -0.15) is 0 Å². The van der Waals surface area contributed by atoms with Crippen LogP contribution >= 0.6 is 0 Å². The van der Waals surface area contributed by atoms with Gasteiger partial charge in [-0.05, 0) is 58.4 Å². The highest BCUT2D eigenvalue weighted by Crippen LogP contribution is 2.25. The van der Waals surface area contributed by atoms with Gasteiger partial charge in [-0.3, -0.25) is 9.59 Å². The minimum atomic E-state index is -0.794. The Morgan fingerprint density at radius 2 is 1.58 bits per heavy atom. The van der Waals surface area contributed by atoms with E-state index in [9.17, 15) is 14.4 Å². The quantitative estimate of drug-likeness (QED) is 0.309. The first-order chi connectivity index (χ1) is 16.9. The second-order valence-corrected chi connectivity index (χ2v) is 11.0. The number of nitrogens with one attached hydrogen (secondary N) is 2. The fourth-order valence-electron chi connectivity index (χ4n) is 3.94. The highest BCUT2D eigenvalue weighted by molar-refractivity contribution is 5.92. The van der Waals surface area contributed by atoms with Crippen LogP contribution in [-0.4, -0.2) is 47.5 Å². The summed E-state index contributed by atoms with van der Waals surface area (Å²) < 4.78 is 5.44. The number of nitrogens with zero attached hydrogens (tertiary/aromatic N) is 1. The molecule has 0 radical (unpaired) electrons. The Morgan fingerprint density at radius 3 is 2.11 bits per heavy atom. The number of benzene rings is 1. The Morgan fingerprint density at radius 1 is 0.972 bits per heavy atom. The molecule has 0 aliphatic carbocycles. The third-order valence-electron chi connectivity index (χ3n) is 5.76. The molecule has 1 rings (SSSR count). The van der Waals surface area contributed by atoms with Gasteiger partial charge in [0.25, 0.3) is 0 Å². The van der Waals surface area contributed by atoms with Gasteiger partial charge in [0.15, 0.2) is 0 Å². The summed E-state index contributed by atoms with van der Waals surface area (Å²) in [7, 11) is 0. The maximum Gasteiger partial charge on any atom is 0.408 e. The van der Waals surface area contributed by atoms with Crippen molar-refractivity contribution < 1.29 is 19.1 Å². The second kappa shape index (κ2) is 15.5. The predicted octanol–water partition coefficient (Wildman–Crippen LogP) is 5.91. The van der Waals surface area contributed by atoms with E-state index in [2.05, 4.69) is 24.5 Å². The molecule has 0 aromatic heterocycles. The van der Waals surface area contributed by atoms with Crippen LogP contribution in [0.2, 0.25) is 0 Å². The van der Waals surface area contributed by atoms with Crippen molar-refractivity contribution in [2.24, 2.45) is 5.92 Å². The number of amides is 3. The van der Waals surface area contributed by atoms with Crippen molar-refractivity contribution in [2.45, 2.75) is 112 Å². The largest absolute Gasteiger partial charge is 0.444 e. The van der Waals surface area contributed by atoms with Gasteiger partial charge in [0, 0.05) is 13.1 Å². The van der Waals surface area contributed by atoms with Gasteiger partial charge < -0.3 is 20.3 Å². The molecule has 0 saturated carbocycles. The second-order valence-electron chi connectivity index (χ2n) is 11.0. The lowest BCUT2D eigenvalue weighted by Crippen LogP contribution is -2.53. The smallest absolute Gasteiger partial charge is 0.408 e. The molecule has 0 spiro atoms. The number of ether oxygens (including phenoxy) is 1. The lowest BCUT2D eigenvalue weighted by atomic mass is 9.98. The Hall–Kier alpha value is -2.57. The third kappa shape index (κ3) is 11.4. The Balaban J connectivity index is 3.37. The van der Waals surface area contributed by atoms with Crippen molar-refractivity contribution in [1.29, 1.82) is 0 Å². The van der Waals surface area contributed by atoms with Gasteiger partial charge in [-0.1, -0.05) is 76.8 Å². The van der Waals surface area contributed by atoms with E-state index >= 15 is 0 Å². The van der Waals surface area contributed by atoms with Crippen LogP contribution in [0.3, 0.4) is 0 Å². The molecular weight excluding hydrogens is 454 g/mol. The standard InChI is InChI=1S/C29H49N3O4/c1-9-11-13-18-30-26(33)25(23-16-14-22(5)15-17-23)32(19-12-10-2)27(34)24(20-21(3)4)31-28(35)36-29(6,7)8/h14-17,21,24-25H,9-13,18-20H2,1-8H3,(H,30,33)(H,31,35). The zero-order valence-corrected chi connectivity index (χ0v) is 23.8. The number of hydrogen-bond acceptors (Lipinski definition) is 4. The number of alkyl carbamates (subject to hydrolysis) is 1. The third-order valence-corrected chi connectivity index (χ3v) is 5.76. The summed E-state index contributed by atoms with van der Waals surface area (Å²) in [5.74, 6) is -0.306. The predicted molar refractivity (Wildman–Crippen MR) is 146 cm³/mol. The summed E-state index contributed by atoms with van der Waals surface area (Å²) in [5.41, 5.74) is 1.16. The zero-order valence-electron chi connectivity index (χ0n) is 23.8. The van der Waals surface area contributed by atoms with Gasteiger partial charge >= 0.3 is 6.09 Å². The average molecular weight is 504 g/mol. The van der Waals surface area contributed by atoms with Crippen LogP contribution in [0.4, 0.5) is 4.79 Å². The Kier molecular flexibility index (Phi) is 13.6. The van der Waals surface area contributed by atoms with E-state index < -0.39 is 23.8 Å². The molecule has 0 fully saturated rings. The van der Waals surface area contributed by atoms with E-state index in [1.54, 1.807) is 25.7 Å². The topological polar surface area (TPSA) is 87.7 Å². The van der Waals surface area contributed by atoms with E-state index in [-0.39, 0.29) is 17.7 Å². The molecule has 36 heavy (non-hydrogen) atoms. The van der Waals surface area contributed by atoms with Gasteiger partial charge in [0.1, 0.15) is 17.7 Å². The fraction of sp³-hybridized carbons (Fsp3) is 0.690. The molecule has 0 saturated heterocycles. The van der Waals surface area contributed by atoms with Crippen LogP contribution in [-0.2, 0) is 14.3 Å². The summed E-state index contributed by atoms with van der Waals surface area (Å²) in [5, 5.41) is 5.84. The van der Waals surface area contributed by atoms with E-state index in [0.29, 0.717) is 19.5 Å². The molecule has 2 unspecified atom stereocenters. The Bertz CT molecular complexity index is 815. The number of hydrogen-bond donors (Lipinski definition) is 2. The maximum absolute atomic E-state index is 14.0. The SMILES string of the molecule is CCCCCNC(=O)C(c1ccc(C)cc1)N(CCCC)C(=O)C(CC(C)C)NC(=O)OC(C)(C)C. The van der Waals surface area contributed by atoms with E-state index in [1.165, 1.54) is 0 Å². The molecule has 2 N–H and O–H groups in total. The Labute approximate surface area is 218 Å². The van der Waals surface area contributed by atoms with Crippen molar-refractivity contribution in [2.75, 3.05) is 13.1 Å². The summed E-state index contributed by atoms with van der Waals surface area (Å²) in [4.78, 5) is 41.8. The molecule has 7 nitrogen and oxygen atoms in total. The number of carbonyl (C=O) groups is 3. The number of aryl methyl sites for hydroxylation is 1. The summed E-state index contributed by atoms with van der Waals surface area (Å²) >= 11 is 0. The first-order valence-corrected chi connectivity index (χ1v) is 13.5. The van der Waals surface area contributed by atoms with Crippen LogP contribution in [0.15, 0.2) is 24.3 Å². The van der Waals surface area contributed by atoms with E-state index in [1.807, 2.05) is 45.0 Å². The molecule has 204 valence electrons. The zero-order chi connectivity index (χ0) is 27.3. The number of carbonyl (C=O) groups excluding carboxylic acids is 3. The summed E-state index contributed by atoms with van der Waals surface area (Å²) in [6.45, 7) is 16.5. The minimum Gasteiger partial charge on any atom is -0.444 e. The first kappa shape index (κ1) is 31.5. The van der Waals surface area contributed by atoms with Gasteiger partial charge in [0.2, 0.25) is 11.8 Å². The normalized spacial score (nSPS) is 13.1. The lowest BCUT2D eigenvalue weighted by Gasteiger charge is -2.35.